The van der Waals surface area contributed by atoms with Crippen LogP contribution in [0.4, 0.5) is 31.1 Å². The molecule has 1 aromatic carbocycles. The maximum Gasteiger partial charge on any atom is 0.436 e. The minimum atomic E-state index is -5.17. The van der Waals surface area contributed by atoms with E-state index in [1.165, 1.54) is 6.92 Å². The summed E-state index contributed by atoms with van der Waals surface area (Å²) in [6.07, 6.45) is -5.17. The maximum absolute atomic E-state index is 14.0. The third-order valence-corrected chi connectivity index (χ3v) is 5.18. The highest BCUT2D eigenvalue weighted by Gasteiger charge is 2.52. The molecule has 6 nitrogen and oxygen atoms in total. The fraction of sp³-hybridized carbons (Fsp3) is 0.316. The van der Waals surface area contributed by atoms with Crippen molar-refractivity contribution in [2.24, 2.45) is 5.73 Å². The van der Waals surface area contributed by atoms with Crippen molar-refractivity contribution in [3.63, 3.8) is 0 Å². The van der Waals surface area contributed by atoms with Gasteiger partial charge in [-0.25, -0.2) is 22.9 Å². The first-order valence-corrected chi connectivity index (χ1v) is 8.91. The third-order valence-electron chi connectivity index (χ3n) is 5.18. The molecule has 1 aliphatic rings. The number of benzene rings is 1. The number of nitrogens with two attached hydrogens (primary N) is 1. The molecule has 0 saturated carbocycles. The summed E-state index contributed by atoms with van der Waals surface area (Å²) in [6.45, 7) is 1.11. The zero-order valence-corrected chi connectivity index (χ0v) is 15.9. The molecule has 1 saturated heterocycles. The van der Waals surface area contributed by atoms with Crippen molar-refractivity contribution in [1.29, 1.82) is 0 Å². The number of rotatable bonds is 3. The molecule has 166 valence electrons. The van der Waals surface area contributed by atoms with Gasteiger partial charge >= 0.3 is 12.2 Å². The van der Waals surface area contributed by atoms with E-state index in [4.69, 9.17) is 5.73 Å². The fourth-order valence-corrected chi connectivity index (χ4v) is 3.73. The molecule has 12 heteroatoms. The van der Waals surface area contributed by atoms with Gasteiger partial charge in [0.05, 0.1) is 11.6 Å². The molecule has 1 aromatic heterocycles. The van der Waals surface area contributed by atoms with Crippen molar-refractivity contribution < 1.29 is 35.9 Å². The Hall–Kier alpha value is -3.31. The number of amides is 3. The van der Waals surface area contributed by atoms with Crippen LogP contribution in [0.2, 0.25) is 0 Å². The molecule has 0 aliphatic carbocycles. The normalized spacial score (nSPS) is 20.4. The van der Waals surface area contributed by atoms with Gasteiger partial charge in [0.25, 0.3) is 0 Å². The zero-order valence-electron chi connectivity index (χ0n) is 15.9. The number of nitrogens with one attached hydrogen (secondary N) is 1. The SMILES string of the molecule is CC1([C@@H](c2ccc(F)c(F)c2)c2ccc(F)c(C(F)(F)F)n2)C(=O)NCCN1C(N)=O. The Balaban J connectivity index is 2.32. The van der Waals surface area contributed by atoms with Crippen molar-refractivity contribution in [2.45, 2.75) is 24.6 Å². The van der Waals surface area contributed by atoms with E-state index >= 15 is 0 Å². The second-order valence-electron chi connectivity index (χ2n) is 7.06. The summed E-state index contributed by atoms with van der Waals surface area (Å²) in [6, 6.07) is 2.73. The number of carbonyl (C=O) groups is 2. The zero-order chi connectivity index (χ0) is 23.1. The highest BCUT2D eigenvalue weighted by molar-refractivity contribution is 5.93. The third kappa shape index (κ3) is 3.89. The van der Waals surface area contributed by atoms with Crippen molar-refractivity contribution in [1.82, 2.24) is 15.2 Å². The van der Waals surface area contributed by atoms with Crippen LogP contribution < -0.4 is 11.1 Å². The first-order valence-electron chi connectivity index (χ1n) is 8.91. The number of pyridine rings is 1. The van der Waals surface area contributed by atoms with Crippen LogP contribution in [0.25, 0.3) is 0 Å². The maximum atomic E-state index is 14.0. The Kier molecular flexibility index (Phi) is 5.59. The number of hydrogen-bond donors (Lipinski definition) is 2. The molecule has 1 unspecified atom stereocenters. The summed E-state index contributed by atoms with van der Waals surface area (Å²) in [5.74, 6) is -6.60. The fourth-order valence-electron chi connectivity index (χ4n) is 3.73. The number of nitrogens with zero attached hydrogens (tertiary/aromatic N) is 2. The second kappa shape index (κ2) is 7.75. The summed E-state index contributed by atoms with van der Waals surface area (Å²) in [5.41, 5.74) is 0.882. The Morgan fingerprint density at radius 2 is 1.81 bits per heavy atom. The molecule has 3 amide bonds. The largest absolute Gasteiger partial charge is 0.436 e. The van der Waals surface area contributed by atoms with Crippen LogP contribution in [0.3, 0.4) is 0 Å². The number of aromatic nitrogens is 1. The quantitative estimate of drug-likeness (QED) is 0.711. The van der Waals surface area contributed by atoms with Crippen molar-refractivity contribution in [3.8, 4) is 0 Å². The van der Waals surface area contributed by atoms with E-state index in [2.05, 4.69) is 10.3 Å². The predicted molar refractivity (Wildman–Crippen MR) is 95.1 cm³/mol. The number of primary amides is 1. The molecule has 2 heterocycles. The van der Waals surface area contributed by atoms with E-state index < -0.39 is 58.4 Å². The molecular formula is C19H16F6N4O2. The first-order chi connectivity index (χ1) is 14.4. The van der Waals surface area contributed by atoms with Gasteiger partial charge in [0, 0.05) is 13.1 Å². The average molecular weight is 446 g/mol. The standard InChI is InChI=1S/C19H16F6N4O2/c1-18(16(30)27-6-7-29(18)17(26)31)14(9-2-3-10(20)12(22)8-9)13-5-4-11(21)15(28-13)19(23,24)25/h2-5,8,14H,6-7H2,1H3,(H2,26,31)(H,27,30)/t14-,18?/m0/s1. The Labute approximate surface area is 172 Å². The van der Waals surface area contributed by atoms with Gasteiger partial charge in [-0.15, -0.1) is 0 Å². The van der Waals surface area contributed by atoms with E-state index in [1.54, 1.807) is 0 Å². The smallest absolute Gasteiger partial charge is 0.352 e. The van der Waals surface area contributed by atoms with Gasteiger partial charge in [0.1, 0.15) is 5.54 Å². The number of urea groups is 1. The molecule has 1 aliphatic heterocycles. The van der Waals surface area contributed by atoms with Gasteiger partial charge in [-0.3, -0.25) is 4.79 Å². The molecule has 0 bridgehead atoms. The number of alkyl halides is 3. The molecule has 0 radical (unpaired) electrons. The lowest BCUT2D eigenvalue weighted by Gasteiger charge is -2.47. The minimum Gasteiger partial charge on any atom is -0.352 e. The van der Waals surface area contributed by atoms with Crippen LogP contribution in [0.5, 0.6) is 0 Å². The molecule has 0 spiro atoms. The number of piperazine rings is 1. The molecule has 3 N–H and O–H groups in total. The van der Waals surface area contributed by atoms with Gasteiger partial charge in [-0.2, -0.15) is 13.2 Å². The topological polar surface area (TPSA) is 88.3 Å². The van der Waals surface area contributed by atoms with Crippen LogP contribution in [0.1, 0.15) is 29.8 Å². The van der Waals surface area contributed by atoms with Crippen LogP contribution in [-0.2, 0) is 11.0 Å². The van der Waals surface area contributed by atoms with Gasteiger partial charge in [-0.05, 0) is 36.8 Å². The van der Waals surface area contributed by atoms with Crippen LogP contribution >= 0.6 is 0 Å². The second-order valence-corrected chi connectivity index (χ2v) is 7.06. The molecule has 31 heavy (non-hydrogen) atoms. The first kappa shape index (κ1) is 22.4. The van der Waals surface area contributed by atoms with E-state index in [9.17, 15) is 35.9 Å². The van der Waals surface area contributed by atoms with Gasteiger partial charge in [0.15, 0.2) is 23.1 Å². The van der Waals surface area contributed by atoms with Gasteiger partial charge in [-0.1, -0.05) is 6.07 Å². The van der Waals surface area contributed by atoms with Crippen molar-refractivity contribution in [3.05, 3.63) is 64.7 Å². The highest BCUT2D eigenvalue weighted by atomic mass is 19.4. The van der Waals surface area contributed by atoms with E-state index in [0.717, 1.165) is 17.0 Å². The lowest BCUT2D eigenvalue weighted by molar-refractivity contribution is -0.143. The molecule has 3 rings (SSSR count). The highest BCUT2D eigenvalue weighted by Crippen LogP contribution is 2.41. The Morgan fingerprint density at radius 3 is 2.39 bits per heavy atom. The average Bonchev–Trinajstić information content (AvgIpc) is 2.67. The monoisotopic (exact) mass is 446 g/mol. The van der Waals surface area contributed by atoms with Gasteiger partial charge < -0.3 is 16.0 Å². The summed E-state index contributed by atoms with van der Waals surface area (Å²) in [4.78, 5) is 29.2. The lowest BCUT2D eigenvalue weighted by Crippen LogP contribution is -2.68. The summed E-state index contributed by atoms with van der Waals surface area (Å²) in [5, 5.41) is 2.48. The van der Waals surface area contributed by atoms with Crippen LogP contribution in [0.15, 0.2) is 30.3 Å². The number of halogens is 6. The molecule has 2 atom stereocenters. The number of hydrogen-bond acceptors (Lipinski definition) is 3. The minimum absolute atomic E-state index is 0.00646. The predicted octanol–water partition coefficient (Wildman–Crippen LogP) is 2.92. The summed E-state index contributed by atoms with van der Waals surface area (Å²) in [7, 11) is 0. The van der Waals surface area contributed by atoms with Crippen molar-refractivity contribution in [2.75, 3.05) is 13.1 Å². The van der Waals surface area contributed by atoms with Crippen LogP contribution in [0, 0.1) is 17.5 Å². The lowest BCUT2D eigenvalue weighted by atomic mass is 9.75. The van der Waals surface area contributed by atoms with E-state index in [0.29, 0.717) is 18.2 Å². The number of carbonyl (C=O) groups excluding carboxylic acids is 2. The molecular weight excluding hydrogens is 430 g/mol. The van der Waals surface area contributed by atoms with Crippen LogP contribution in [-0.4, -0.2) is 40.5 Å². The van der Waals surface area contributed by atoms with Gasteiger partial charge in [0.2, 0.25) is 5.91 Å². The summed E-state index contributed by atoms with van der Waals surface area (Å²) >= 11 is 0. The van der Waals surface area contributed by atoms with Crippen molar-refractivity contribution >= 4 is 11.9 Å². The van der Waals surface area contributed by atoms with E-state index in [1.807, 2.05) is 0 Å². The Bertz CT molecular complexity index is 1040. The van der Waals surface area contributed by atoms with E-state index in [-0.39, 0.29) is 18.7 Å². The summed E-state index contributed by atoms with van der Waals surface area (Å²) < 4.78 is 81.1. The molecule has 2 aromatic rings. The molecule has 1 fully saturated rings. The Morgan fingerprint density at radius 1 is 1.16 bits per heavy atom.